The maximum absolute atomic E-state index is 13.4. The molecule has 0 fully saturated rings. The first-order valence-corrected chi connectivity index (χ1v) is 10.8. The van der Waals surface area contributed by atoms with Crippen LogP contribution in [0.25, 0.3) is 10.9 Å². The number of ether oxygens (including phenoxy) is 1. The Kier molecular flexibility index (Phi) is 7.95. The largest absolute Gasteiger partial charge is 0.487 e. The molecule has 1 unspecified atom stereocenters. The van der Waals surface area contributed by atoms with E-state index in [9.17, 15) is 9.18 Å². The lowest BCUT2D eigenvalue weighted by atomic mass is 10.0. The molecule has 0 aliphatic rings. The number of nitrogens with one attached hydrogen (secondary N) is 3. The van der Waals surface area contributed by atoms with Gasteiger partial charge in [-0.2, -0.15) is 0 Å². The van der Waals surface area contributed by atoms with Crippen molar-refractivity contribution in [1.82, 2.24) is 15.3 Å². The summed E-state index contributed by atoms with van der Waals surface area (Å²) in [5.74, 6) is -0.245. The van der Waals surface area contributed by atoms with Crippen LogP contribution in [0.3, 0.4) is 0 Å². The summed E-state index contributed by atoms with van der Waals surface area (Å²) in [4.78, 5) is 20.6. The van der Waals surface area contributed by atoms with Crippen LogP contribution in [0.1, 0.15) is 43.1 Å². The van der Waals surface area contributed by atoms with E-state index in [4.69, 9.17) is 21.7 Å². The number of pyridine rings is 2. The fourth-order valence-corrected chi connectivity index (χ4v) is 3.57. The average Bonchev–Trinajstić information content (AvgIpc) is 2.81. The van der Waals surface area contributed by atoms with Crippen LogP contribution in [0, 0.1) is 12.3 Å². The number of para-hydroxylation sites is 1. The molecular weight excluding hydrogens is 445 g/mol. The molecule has 3 N–H and O–H groups in total. The van der Waals surface area contributed by atoms with Crippen LogP contribution < -0.4 is 15.4 Å². The lowest BCUT2D eigenvalue weighted by Gasteiger charge is -2.19. The van der Waals surface area contributed by atoms with Gasteiger partial charge in [-0.1, -0.05) is 30.7 Å². The highest BCUT2D eigenvalue weighted by atomic mass is 35.5. The first-order valence-electron chi connectivity index (χ1n) is 10.4. The van der Waals surface area contributed by atoms with Crippen LogP contribution in [0.4, 0.5) is 10.1 Å². The van der Waals surface area contributed by atoms with Crippen molar-refractivity contribution in [2.75, 3.05) is 5.32 Å². The monoisotopic (exact) mass is 469 g/mol. The van der Waals surface area contributed by atoms with Gasteiger partial charge in [0.2, 0.25) is 5.91 Å². The van der Waals surface area contributed by atoms with Gasteiger partial charge in [0.15, 0.2) is 5.83 Å². The predicted octanol–water partition coefficient (Wildman–Crippen LogP) is 5.63. The predicted molar refractivity (Wildman–Crippen MR) is 129 cm³/mol. The van der Waals surface area contributed by atoms with Crippen molar-refractivity contribution in [2.45, 2.75) is 39.8 Å². The summed E-state index contributed by atoms with van der Waals surface area (Å²) >= 11 is 6.42. The molecule has 33 heavy (non-hydrogen) atoms. The number of rotatable bonds is 9. The smallest absolute Gasteiger partial charge is 0.220 e. The van der Waals surface area contributed by atoms with Gasteiger partial charge in [-0.3, -0.25) is 9.78 Å². The van der Waals surface area contributed by atoms with Crippen LogP contribution in [-0.4, -0.2) is 22.1 Å². The molecule has 0 spiro atoms. The first-order chi connectivity index (χ1) is 15.8. The summed E-state index contributed by atoms with van der Waals surface area (Å²) in [7, 11) is 0. The molecule has 7 nitrogen and oxygen atoms in total. The SMILES string of the molecule is CCC(=O)NC(C)c1cncc(Cl)c1COc1cccc2c(N/C=C(/F)C=N)cc(C)nc12. The number of allylic oxidation sites excluding steroid dienone is 1. The average molecular weight is 470 g/mol. The van der Waals surface area contributed by atoms with E-state index < -0.39 is 5.83 Å². The summed E-state index contributed by atoms with van der Waals surface area (Å²) in [5, 5.41) is 14.0. The number of aryl methyl sites for hydroxylation is 1. The molecule has 3 rings (SSSR count). The van der Waals surface area contributed by atoms with E-state index >= 15 is 0 Å². The highest BCUT2D eigenvalue weighted by molar-refractivity contribution is 6.31. The standard InChI is InChI=1S/C24H25ClFN5O2/c1-4-23(32)31-15(3)18-11-28-12-20(25)19(18)13-33-22-7-5-6-17-21(29-10-16(26)9-27)8-14(2)30-24(17)22/h5-12,15,27H,4,13H2,1-3H3,(H,29,30)(H,31,32)/b16-10+,27-9?. The maximum atomic E-state index is 13.4. The number of carbonyl (C=O) groups is 1. The number of hydrogen-bond acceptors (Lipinski definition) is 6. The number of anilines is 1. The van der Waals surface area contributed by atoms with Crippen LogP contribution >= 0.6 is 11.6 Å². The second-order valence-electron chi connectivity index (χ2n) is 7.40. The Labute approximate surface area is 196 Å². The van der Waals surface area contributed by atoms with E-state index in [0.29, 0.717) is 40.3 Å². The van der Waals surface area contributed by atoms with Gasteiger partial charge in [-0.25, -0.2) is 9.37 Å². The van der Waals surface area contributed by atoms with E-state index in [2.05, 4.69) is 20.6 Å². The van der Waals surface area contributed by atoms with E-state index in [0.717, 1.165) is 22.7 Å². The Morgan fingerprint density at radius 1 is 1.36 bits per heavy atom. The molecule has 0 saturated carbocycles. The molecule has 0 saturated heterocycles. The van der Waals surface area contributed by atoms with Crippen molar-refractivity contribution in [3.05, 3.63) is 70.5 Å². The summed E-state index contributed by atoms with van der Waals surface area (Å²) in [5.41, 5.74) is 3.43. The third kappa shape index (κ3) is 5.84. The molecule has 2 heterocycles. The molecule has 1 aromatic carbocycles. The zero-order valence-electron chi connectivity index (χ0n) is 18.6. The van der Waals surface area contributed by atoms with Crippen molar-refractivity contribution in [2.24, 2.45) is 0 Å². The lowest BCUT2D eigenvalue weighted by molar-refractivity contribution is -0.121. The highest BCUT2D eigenvalue weighted by Gasteiger charge is 2.17. The van der Waals surface area contributed by atoms with Crippen molar-refractivity contribution >= 4 is 40.3 Å². The molecular formula is C24H25ClFN5O2. The minimum absolute atomic E-state index is 0.0726. The Bertz CT molecular complexity index is 1210. The van der Waals surface area contributed by atoms with Crippen LogP contribution in [-0.2, 0) is 11.4 Å². The minimum atomic E-state index is -0.700. The lowest BCUT2D eigenvalue weighted by Crippen LogP contribution is -2.26. The number of aromatic nitrogens is 2. The van der Waals surface area contributed by atoms with Gasteiger partial charge in [-0.05, 0) is 26.0 Å². The number of amides is 1. The molecule has 172 valence electrons. The molecule has 0 aliphatic heterocycles. The molecule has 0 bridgehead atoms. The van der Waals surface area contributed by atoms with Gasteiger partial charge in [0.1, 0.15) is 17.9 Å². The fourth-order valence-electron chi connectivity index (χ4n) is 3.35. The van der Waals surface area contributed by atoms with Crippen molar-refractivity contribution in [3.8, 4) is 5.75 Å². The second kappa shape index (κ2) is 10.9. The number of fused-ring (bicyclic) bond motifs is 1. The first kappa shape index (κ1) is 24.1. The number of nitrogens with zero attached hydrogens (tertiary/aromatic N) is 2. The third-order valence-electron chi connectivity index (χ3n) is 5.01. The molecule has 1 amide bonds. The minimum Gasteiger partial charge on any atom is -0.487 e. The van der Waals surface area contributed by atoms with Crippen molar-refractivity contribution < 1.29 is 13.9 Å². The Morgan fingerprint density at radius 2 is 2.15 bits per heavy atom. The van der Waals surface area contributed by atoms with Gasteiger partial charge < -0.3 is 20.8 Å². The zero-order chi connectivity index (χ0) is 24.0. The van der Waals surface area contributed by atoms with Gasteiger partial charge in [0.25, 0.3) is 0 Å². The Balaban J connectivity index is 1.93. The third-order valence-corrected chi connectivity index (χ3v) is 5.34. The van der Waals surface area contributed by atoms with Crippen LogP contribution in [0.2, 0.25) is 5.02 Å². The summed E-state index contributed by atoms with van der Waals surface area (Å²) in [6.45, 7) is 5.62. The Hall–Kier alpha value is -3.52. The van der Waals surface area contributed by atoms with E-state index in [1.807, 2.05) is 26.0 Å². The number of halogens is 2. The molecule has 1 atom stereocenters. The quantitative estimate of drug-likeness (QED) is 0.352. The molecule has 0 radical (unpaired) electrons. The van der Waals surface area contributed by atoms with Crippen LogP contribution in [0.15, 0.2) is 48.7 Å². The van der Waals surface area contributed by atoms with Crippen molar-refractivity contribution in [3.63, 3.8) is 0 Å². The van der Waals surface area contributed by atoms with Gasteiger partial charge in [0.05, 0.1) is 17.3 Å². The Morgan fingerprint density at radius 3 is 2.88 bits per heavy atom. The van der Waals surface area contributed by atoms with Crippen LogP contribution in [0.5, 0.6) is 5.75 Å². The second-order valence-corrected chi connectivity index (χ2v) is 7.81. The highest BCUT2D eigenvalue weighted by Crippen LogP contribution is 2.32. The summed E-state index contributed by atoms with van der Waals surface area (Å²) in [6, 6.07) is 6.96. The number of benzene rings is 1. The summed E-state index contributed by atoms with van der Waals surface area (Å²) in [6.07, 6.45) is 5.32. The van der Waals surface area contributed by atoms with Gasteiger partial charge in [-0.15, -0.1) is 0 Å². The summed E-state index contributed by atoms with van der Waals surface area (Å²) < 4.78 is 19.5. The van der Waals surface area contributed by atoms with Gasteiger partial charge >= 0.3 is 0 Å². The zero-order valence-corrected chi connectivity index (χ0v) is 19.3. The number of carbonyl (C=O) groups excluding carboxylic acids is 1. The molecule has 9 heteroatoms. The molecule has 0 aliphatic carbocycles. The van der Waals surface area contributed by atoms with E-state index in [-0.39, 0.29) is 18.6 Å². The topological polar surface area (TPSA) is 100.0 Å². The normalized spacial score (nSPS) is 12.3. The molecule has 2 aromatic heterocycles. The van der Waals surface area contributed by atoms with E-state index in [1.165, 1.54) is 6.20 Å². The fraction of sp³-hybridized carbons (Fsp3) is 0.250. The maximum Gasteiger partial charge on any atom is 0.220 e. The van der Waals surface area contributed by atoms with Crippen molar-refractivity contribution in [1.29, 1.82) is 5.41 Å². The van der Waals surface area contributed by atoms with Gasteiger partial charge in [0, 0.05) is 52.9 Å². The van der Waals surface area contributed by atoms with E-state index in [1.54, 1.807) is 25.3 Å². The number of hydrogen-bond donors (Lipinski definition) is 3. The molecule has 3 aromatic rings.